The average molecular weight is 509 g/mol. The van der Waals surface area contributed by atoms with Gasteiger partial charge in [-0.25, -0.2) is 14.0 Å². The van der Waals surface area contributed by atoms with E-state index in [-0.39, 0.29) is 36.2 Å². The van der Waals surface area contributed by atoms with Gasteiger partial charge in [0.25, 0.3) is 5.91 Å². The molecule has 2 aliphatic heterocycles. The first-order valence-electron chi connectivity index (χ1n) is 12.7. The Kier molecular flexibility index (Phi) is 8.23. The zero-order valence-electron chi connectivity index (χ0n) is 21.4. The number of likely N-dealkylation sites (N-methyl/N-ethyl adjacent to an activating group) is 1. The van der Waals surface area contributed by atoms with Crippen LogP contribution in [0.2, 0.25) is 0 Å². The van der Waals surface area contributed by atoms with Crippen molar-refractivity contribution in [3.8, 4) is 0 Å². The highest BCUT2D eigenvalue weighted by molar-refractivity contribution is 5.95. The monoisotopic (exact) mass is 508 g/mol. The van der Waals surface area contributed by atoms with Crippen LogP contribution in [0.1, 0.15) is 42.7 Å². The fraction of sp³-hybridized carbons (Fsp3) is 0.393. The first-order chi connectivity index (χ1) is 17.8. The lowest BCUT2D eigenvalue weighted by molar-refractivity contribution is -0.139. The van der Waals surface area contributed by atoms with E-state index in [4.69, 9.17) is 4.74 Å². The topological polar surface area (TPSA) is 82.2 Å². The van der Waals surface area contributed by atoms with Gasteiger partial charge in [-0.05, 0) is 39.0 Å². The van der Waals surface area contributed by atoms with E-state index in [1.165, 1.54) is 11.0 Å². The highest BCUT2D eigenvalue weighted by Crippen LogP contribution is 2.33. The third kappa shape index (κ3) is 5.51. The van der Waals surface area contributed by atoms with Crippen molar-refractivity contribution in [2.75, 3.05) is 39.3 Å². The van der Waals surface area contributed by atoms with E-state index < -0.39 is 23.9 Å². The number of urea groups is 1. The minimum absolute atomic E-state index is 0.0222. The highest BCUT2D eigenvalue weighted by atomic mass is 19.1. The quantitative estimate of drug-likeness (QED) is 0.579. The van der Waals surface area contributed by atoms with Crippen LogP contribution in [0.3, 0.4) is 0 Å². The number of amides is 3. The summed E-state index contributed by atoms with van der Waals surface area (Å²) in [6, 6.07) is 13.8. The van der Waals surface area contributed by atoms with Gasteiger partial charge in [-0.15, -0.1) is 0 Å². The lowest BCUT2D eigenvalue weighted by Crippen LogP contribution is -2.56. The van der Waals surface area contributed by atoms with Gasteiger partial charge in [0.1, 0.15) is 5.82 Å². The van der Waals surface area contributed by atoms with E-state index in [0.29, 0.717) is 37.4 Å². The van der Waals surface area contributed by atoms with Crippen molar-refractivity contribution in [3.05, 3.63) is 82.8 Å². The van der Waals surface area contributed by atoms with Crippen LogP contribution in [-0.4, -0.2) is 78.0 Å². The standard InChI is InChI=1S/C28H33FN4O4/c1-4-32-23(18-31-15-16-33(19(3)17-31)26(34)20-11-7-6-8-12-20)24(27(35)37-5-2)25(30-28(32)36)21-13-9-10-14-22(21)29/h6-14,19,25H,4-5,15-18H2,1-3H3,(H,30,36)/t19-,25+/m0/s1. The van der Waals surface area contributed by atoms with Crippen LogP contribution < -0.4 is 5.32 Å². The van der Waals surface area contributed by atoms with Gasteiger partial charge < -0.3 is 15.0 Å². The van der Waals surface area contributed by atoms with E-state index in [9.17, 15) is 18.8 Å². The Morgan fingerprint density at radius 1 is 1.05 bits per heavy atom. The molecule has 37 heavy (non-hydrogen) atoms. The summed E-state index contributed by atoms with van der Waals surface area (Å²) in [5, 5.41) is 2.80. The molecule has 2 atom stereocenters. The third-order valence-corrected chi connectivity index (χ3v) is 6.83. The lowest BCUT2D eigenvalue weighted by Gasteiger charge is -2.43. The van der Waals surface area contributed by atoms with Crippen molar-refractivity contribution in [1.82, 2.24) is 20.0 Å². The molecule has 0 spiro atoms. The molecule has 0 bridgehead atoms. The molecule has 1 N–H and O–H groups in total. The number of piperazine rings is 1. The minimum Gasteiger partial charge on any atom is -0.463 e. The number of benzene rings is 2. The van der Waals surface area contributed by atoms with Crippen LogP contribution in [-0.2, 0) is 9.53 Å². The van der Waals surface area contributed by atoms with Crippen molar-refractivity contribution in [3.63, 3.8) is 0 Å². The molecule has 9 heteroatoms. The van der Waals surface area contributed by atoms with E-state index in [1.807, 2.05) is 36.9 Å². The summed E-state index contributed by atoms with van der Waals surface area (Å²) < 4.78 is 20.2. The molecule has 1 fully saturated rings. The van der Waals surface area contributed by atoms with Crippen LogP contribution in [0.5, 0.6) is 0 Å². The highest BCUT2D eigenvalue weighted by Gasteiger charge is 2.40. The summed E-state index contributed by atoms with van der Waals surface area (Å²) in [5.74, 6) is -1.12. The van der Waals surface area contributed by atoms with Crippen LogP contribution in [0.25, 0.3) is 0 Å². The number of hydrogen-bond donors (Lipinski definition) is 1. The van der Waals surface area contributed by atoms with Gasteiger partial charge in [-0.2, -0.15) is 0 Å². The van der Waals surface area contributed by atoms with Crippen molar-refractivity contribution in [2.45, 2.75) is 32.9 Å². The number of carbonyl (C=O) groups is 3. The number of rotatable bonds is 7. The molecule has 0 aromatic heterocycles. The molecule has 196 valence electrons. The lowest BCUT2D eigenvalue weighted by atomic mass is 9.93. The molecular formula is C28H33FN4O4. The molecule has 2 aliphatic rings. The van der Waals surface area contributed by atoms with Crippen LogP contribution in [0, 0.1) is 5.82 Å². The molecule has 8 nitrogen and oxygen atoms in total. The van der Waals surface area contributed by atoms with Crippen LogP contribution in [0.15, 0.2) is 65.9 Å². The van der Waals surface area contributed by atoms with Gasteiger partial charge in [-0.1, -0.05) is 36.4 Å². The fourth-order valence-electron chi connectivity index (χ4n) is 5.04. The first kappa shape index (κ1) is 26.3. The van der Waals surface area contributed by atoms with E-state index >= 15 is 0 Å². The first-order valence-corrected chi connectivity index (χ1v) is 12.7. The molecule has 0 saturated carbocycles. The molecule has 0 radical (unpaired) electrons. The van der Waals surface area contributed by atoms with Gasteiger partial charge in [0.15, 0.2) is 0 Å². The second-order valence-corrected chi connectivity index (χ2v) is 9.18. The molecular weight excluding hydrogens is 475 g/mol. The SMILES string of the molecule is CCOC(=O)C1=C(CN2CCN(C(=O)c3ccccc3)[C@@H](C)C2)N(CC)C(=O)N[C@@H]1c1ccccc1F. The molecule has 0 unspecified atom stereocenters. The zero-order chi connectivity index (χ0) is 26.5. The predicted molar refractivity (Wildman–Crippen MR) is 137 cm³/mol. The number of carbonyl (C=O) groups excluding carboxylic acids is 3. The second kappa shape index (κ2) is 11.6. The van der Waals surface area contributed by atoms with Crippen molar-refractivity contribution in [2.24, 2.45) is 0 Å². The Hall–Kier alpha value is -3.72. The van der Waals surface area contributed by atoms with E-state index in [2.05, 4.69) is 10.2 Å². The second-order valence-electron chi connectivity index (χ2n) is 9.18. The maximum atomic E-state index is 14.8. The number of nitrogens with one attached hydrogen (secondary N) is 1. The molecule has 1 saturated heterocycles. The van der Waals surface area contributed by atoms with Gasteiger partial charge in [0.05, 0.1) is 18.2 Å². The Morgan fingerprint density at radius 2 is 1.76 bits per heavy atom. The van der Waals surface area contributed by atoms with Gasteiger partial charge in [0.2, 0.25) is 0 Å². The number of ether oxygens (including phenoxy) is 1. The summed E-state index contributed by atoms with van der Waals surface area (Å²) in [6.07, 6.45) is 0. The maximum Gasteiger partial charge on any atom is 0.338 e. The van der Waals surface area contributed by atoms with E-state index in [0.717, 1.165) is 0 Å². The van der Waals surface area contributed by atoms with Crippen LogP contribution >= 0.6 is 0 Å². The van der Waals surface area contributed by atoms with Crippen molar-refractivity contribution in [1.29, 1.82) is 0 Å². The minimum atomic E-state index is -0.969. The number of esters is 1. The summed E-state index contributed by atoms with van der Waals surface area (Å²) in [6.45, 7) is 7.91. The fourth-order valence-corrected chi connectivity index (χ4v) is 5.04. The summed E-state index contributed by atoms with van der Waals surface area (Å²) in [7, 11) is 0. The Morgan fingerprint density at radius 3 is 2.41 bits per heavy atom. The maximum absolute atomic E-state index is 14.8. The smallest absolute Gasteiger partial charge is 0.338 e. The van der Waals surface area contributed by atoms with Gasteiger partial charge >= 0.3 is 12.0 Å². The Balaban J connectivity index is 1.64. The number of halogens is 1. The molecule has 2 aromatic carbocycles. The van der Waals surface area contributed by atoms with Crippen molar-refractivity contribution < 1.29 is 23.5 Å². The largest absolute Gasteiger partial charge is 0.463 e. The van der Waals surface area contributed by atoms with Gasteiger partial charge in [0, 0.05) is 55.6 Å². The Labute approximate surface area is 216 Å². The molecule has 3 amide bonds. The normalized spacial score (nSPS) is 20.6. The van der Waals surface area contributed by atoms with E-state index in [1.54, 1.807) is 37.3 Å². The molecule has 4 rings (SSSR count). The zero-order valence-corrected chi connectivity index (χ0v) is 21.4. The molecule has 0 aliphatic carbocycles. The van der Waals surface area contributed by atoms with Crippen molar-refractivity contribution >= 4 is 17.9 Å². The van der Waals surface area contributed by atoms with Gasteiger partial charge in [-0.3, -0.25) is 14.6 Å². The Bertz CT molecular complexity index is 1190. The summed E-state index contributed by atoms with van der Waals surface area (Å²) in [5.41, 5.74) is 1.57. The number of nitrogens with zero attached hydrogens (tertiary/aromatic N) is 3. The predicted octanol–water partition coefficient (Wildman–Crippen LogP) is 3.58. The molecule has 2 heterocycles. The summed E-state index contributed by atoms with van der Waals surface area (Å²) >= 11 is 0. The average Bonchev–Trinajstić information content (AvgIpc) is 2.89. The summed E-state index contributed by atoms with van der Waals surface area (Å²) in [4.78, 5) is 44.8. The molecule has 2 aromatic rings. The third-order valence-electron chi connectivity index (χ3n) is 6.83. The van der Waals surface area contributed by atoms with Crippen LogP contribution in [0.4, 0.5) is 9.18 Å². The number of hydrogen-bond acceptors (Lipinski definition) is 5.